The molecule has 2 atom stereocenters. The van der Waals surface area contributed by atoms with Gasteiger partial charge < -0.3 is 18.9 Å². The van der Waals surface area contributed by atoms with Crippen molar-refractivity contribution in [3.63, 3.8) is 0 Å². The Hall–Kier alpha value is -3.96. The molecule has 0 spiro atoms. The molecular formula is C67H102FNO4. The summed E-state index contributed by atoms with van der Waals surface area (Å²) in [7, 11) is 0. The summed E-state index contributed by atoms with van der Waals surface area (Å²) < 4.78 is 37.2. The highest BCUT2D eigenvalue weighted by atomic mass is 19.1. The summed E-state index contributed by atoms with van der Waals surface area (Å²) in [5.74, 6) is 8.45. The van der Waals surface area contributed by atoms with Gasteiger partial charge in [-0.05, 0) is 42.2 Å². The molecule has 0 aromatic heterocycles. The van der Waals surface area contributed by atoms with Gasteiger partial charge in [-0.1, -0.05) is 285 Å². The zero-order valence-corrected chi connectivity index (χ0v) is 46.5. The molecule has 0 saturated carbocycles. The lowest BCUT2D eigenvalue weighted by Crippen LogP contribution is -2.15. The first-order chi connectivity index (χ1) is 36.1. The minimum atomic E-state index is -0.454. The maximum atomic E-state index is 13.8. The maximum Gasteiger partial charge on any atom is 0.125 e. The second-order valence-corrected chi connectivity index (χ2v) is 20.4. The molecule has 0 heterocycles. The Morgan fingerprint density at radius 3 is 1.12 bits per heavy atom. The molecule has 0 unspecified atom stereocenters. The van der Waals surface area contributed by atoms with E-state index in [1.165, 1.54) is 210 Å². The Kier molecular flexibility index (Phi) is 44.8. The van der Waals surface area contributed by atoms with Crippen molar-refractivity contribution in [2.45, 2.75) is 233 Å². The van der Waals surface area contributed by atoms with Crippen LogP contribution in [0.3, 0.4) is 0 Å². The van der Waals surface area contributed by atoms with Gasteiger partial charge in [-0.25, -0.2) is 4.39 Å². The third kappa shape index (κ3) is 41.0. The molecule has 3 aromatic rings. The third-order valence-corrected chi connectivity index (χ3v) is 13.5. The van der Waals surface area contributed by atoms with Gasteiger partial charge in [-0.15, -0.1) is 6.42 Å². The van der Waals surface area contributed by atoms with Crippen LogP contribution in [0.2, 0.25) is 0 Å². The highest BCUT2D eigenvalue weighted by molar-refractivity contribution is 5.42. The van der Waals surface area contributed by atoms with E-state index in [0.29, 0.717) is 51.8 Å². The third-order valence-electron chi connectivity index (χ3n) is 13.5. The van der Waals surface area contributed by atoms with Gasteiger partial charge in [0.15, 0.2) is 0 Å². The lowest BCUT2D eigenvalue weighted by atomic mass is 10.0. The zero-order valence-electron chi connectivity index (χ0n) is 46.5. The molecule has 406 valence electrons. The van der Waals surface area contributed by atoms with Crippen LogP contribution in [0.5, 0.6) is 0 Å². The number of terminal acetylenes is 1. The minimum absolute atomic E-state index is 0.0415. The van der Waals surface area contributed by atoms with Crippen molar-refractivity contribution in [3.8, 4) is 30.3 Å². The van der Waals surface area contributed by atoms with Crippen LogP contribution in [0.4, 0.5) is 4.39 Å². The molecule has 0 aliphatic rings. The smallest absolute Gasteiger partial charge is 0.125 e. The van der Waals surface area contributed by atoms with Gasteiger partial charge in [0, 0.05) is 18.8 Å². The number of ether oxygens (including phenoxy) is 4. The van der Waals surface area contributed by atoms with Gasteiger partial charge in [-0.3, -0.25) is 0 Å². The molecule has 3 rings (SSSR count). The average molecular weight is 1000 g/mol. The molecule has 0 bridgehead atoms. The van der Waals surface area contributed by atoms with Crippen LogP contribution in [0, 0.1) is 53.2 Å². The Bertz CT molecular complexity index is 1810. The SMILES string of the molecule is C#C[C@H](COCCCCCCCCCCCCCCCCCC)COCc1ccccc1.CCCCCCCCCCCCCCCCCCOC[C@@H](C#Cc1cc(F)cc(C#N)c1)COCc1ccccc1. The monoisotopic (exact) mass is 1000 g/mol. The fraction of sp³-hybridized carbons (Fsp3) is 0.657. The molecule has 0 radical (unpaired) electrons. The Morgan fingerprint density at radius 2 is 0.753 bits per heavy atom. The molecule has 0 N–H and O–H groups in total. The molecule has 0 saturated heterocycles. The fourth-order valence-corrected chi connectivity index (χ4v) is 8.93. The molecule has 6 heteroatoms. The van der Waals surface area contributed by atoms with Gasteiger partial charge in [0.1, 0.15) is 5.82 Å². The van der Waals surface area contributed by atoms with E-state index in [0.717, 1.165) is 25.0 Å². The highest BCUT2D eigenvalue weighted by Gasteiger charge is 2.09. The molecule has 0 aliphatic heterocycles. The average Bonchev–Trinajstić information content (AvgIpc) is 3.41. The summed E-state index contributed by atoms with van der Waals surface area (Å²) in [5.41, 5.74) is 3.05. The highest BCUT2D eigenvalue weighted by Crippen LogP contribution is 2.17. The molecule has 73 heavy (non-hydrogen) atoms. The number of rotatable bonds is 46. The van der Waals surface area contributed by atoms with E-state index in [2.05, 4.69) is 43.7 Å². The summed E-state index contributed by atoms with van der Waals surface area (Å²) in [5, 5.41) is 9.10. The molecule has 0 fully saturated rings. The number of nitriles is 1. The van der Waals surface area contributed by atoms with E-state index in [4.69, 9.17) is 30.6 Å². The molecule has 3 aromatic carbocycles. The Balaban J connectivity index is 0.000000516. The number of hydrogen-bond donors (Lipinski definition) is 0. The van der Waals surface area contributed by atoms with Gasteiger partial charge in [-0.2, -0.15) is 5.26 Å². The van der Waals surface area contributed by atoms with Crippen molar-refractivity contribution in [3.05, 3.63) is 107 Å². The van der Waals surface area contributed by atoms with Crippen molar-refractivity contribution >= 4 is 0 Å². The Labute approximate surface area is 447 Å². The van der Waals surface area contributed by atoms with E-state index in [9.17, 15) is 4.39 Å². The molecule has 0 aliphatic carbocycles. The van der Waals surface area contributed by atoms with Crippen molar-refractivity contribution in [1.82, 2.24) is 0 Å². The van der Waals surface area contributed by atoms with Crippen molar-refractivity contribution in [1.29, 1.82) is 5.26 Å². The number of unbranched alkanes of at least 4 members (excludes halogenated alkanes) is 30. The number of hydrogen-bond acceptors (Lipinski definition) is 5. The van der Waals surface area contributed by atoms with E-state index in [1.54, 1.807) is 6.07 Å². The number of nitrogens with zero attached hydrogens (tertiary/aromatic N) is 1. The van der Waals surface area contributed by atoms with Crippen LogP contribution in [-0.4, -0.2) is 39.6 Å². The predicted octanol–water partition coefficient (Wildman–Crippen LogP) is 18.9. The summed E-state index contributed by atoms with van der Waals surface area (Å²) in [4.78, 5) is 0. The van der Waals surface area contributed by atoms with E-state index in [1.807, 2.05) is 54.6 Å². The first kappa shape index (κ1) is 65.2. The zero-order chi connectivity index (χ0) is 52.2. The molecule has 5 nitrogen and oxygen atoms in total. The van der Waals surface area contributed by atoms with Crippen molar-refractivity contribution < 1.29 is 23.3 Å². The number of halogens is 1. The van der Waals surface area contributed by atoms with Crippen LogP contribution < -0.4 is 0 Å². The van der Waals surface area contributed by atoms with Crippen LogP contribution in [0.25, 0.3) is 0 Å². The van der Waals surface area contributed by atoms with Crippen LogP contribution in [0.15, 0.2) is 78.9 Å². The second-order valence-electron chi connectivity index (χ2n) is 20.4. The lowest BCUT2D eigenvalue weighted by molar-refractivity contribution is 0.0506. The van der Waals surface area contributed by atoms with Gasteiger partial charge in [0.25, 0.3) is 0 Å². The summed E-state index contributed by atoms with van der Waals surface area (Å²) >= 11 is 0. The number of benzene rings is 3. The van der Waals surface area contributed by atoms with Crippen LogP contribution in [0.1, 0.15) is 242 Å². The predicted molar refractivity (Wildman–Crippen MR) is 307 cm³/mol. The summed E-state index contributed by atoms with van der Waals surface area (Å²) in [6.07, 6.45) is 49.5. The topological polar surface area (TPSA) is 60.7 Å². The minimum Gasteiger partial charge on any atom is -0.380 e. The van der Waals surface area contributed by atoms with Gasteiger partial charge in [0.2, 0.25) is 0 Å². The summed E-state index contributed by atoms with van der Waals surface area (Å²) in [6, 6.07) is 26.4. The maximum absolute atomic E-state index is 13.8. The normalized spacial score (nSPS) is 11.7. The van der Waals surface area contributed by atoms with Crippen LogP contribution in [-0.2, 0) is 32.2 Å². The van der Waals surface area contributed by atoms with Gasteiger partial charge in [0.05, 0.1) is 63.1 Å². The molecule has 0 amide bonds. The lowest BCUT2D eigenvalue weighted by Gasteiger charge is -2.12. The largest absolute Gasteiger partial charge is 0.380 e. The van der Waals surface area contributed by atoms with Crippen molar-refractivity contribution in [2.75, 3.05) is 39.6 Å². The van der Waals surface area contributed by atoms with Crippen LogP contribution >= 0.6 is 0 Å². The van der Waals surface area contributed by atoms with E-state index >= 15 is 0 Å². The first-order valence-corrected chi connectivity index (χ1v) is 29.6. The quantitative estimate of drug-likeness (QED) is 0.0417. The standard InChI is InChI=1S/C37H52FNO2.C30H50O2/c1-2-3-4-5-6-7-8-9-10-11-12-13-14-15-16-20-25-40-31-35(32-41-30-33-21-18-17-19-22-33)24-23-34-26-36(29-39)28-37(38)27-34;1-3-5-6-7-8-9-10-11-12-13-14-15-16-17-18-22-25-31-26-29(4-2)27-32-28-30-23-20-19-21-24-30/h17-19,21-22,26-28,35H,2-16,20,25,30-32H2,1H3;2,19-21,23-24,29H,3,5-18,22,25-28H2,1H3/t35-;29-/m11/s1. The second kappa shape index (κ2) is 50.2. The fourth-order valence-electron chi connectivity index (χ4n) is 8.93. The van der Waals surface area contributed by atoms with Crippen molar-refractivity contribution in [2.24, 2.45) is 11.8 Å². The first-order valence-electron chi connectivity index (χ1n) is 29.6. The van der Waals surface area contributed by atoms with E-state index < -0.39 is 5.82 Å². The Morgan fingerprint density at radius 1 is 0.425 bits per heavy atom. The van der Waals surface area contributed by atoms with Gasteiger partial charge >= 0.3 is 0 Å². The molecular weight excluding hydrogens is 902 g/mol. The summed E-state index contributed by atoms with van der Waals surface area (Å²) in [6.45, 7) is 9.28. The van der Waals surface area contributed by atoms with E-state index in [-0.39, 0.29) is 17.4 Å².